The van der Waals surface area contributed by atoms with Crippen molar-refractivity contribution in [2.75, 3.05) is 38.0 Å². The minimum Gasteiger partial charge on any atom is -0.373 e. The number of fused-ring (bicyclic) bond motifs is 1. The number of nitrogens with zero attached hydrogens (tertiary/aromatic N) is 3. The van der Waals surface area contributed by atoms with Gasteiger partial charge < -0.3 is 10.2 Å². The van der Waals surface area contributed by atoms with Crippen LogP contribution in [0.2, 0.25) is 0 Å². The van der Waals surface area contributed by atoms with Gasteiger partial charge in [0.25, 0.3) is 0 Å². The van der Waals surface area contributed by atoms with Gasteiger partial charge in [-0.1, -0.05) is 18.2 Å². The van der Waals surface area contributed by atoms with Gasteiger partial charge in [-0.15, -0.1) is 0 Å². The Kier molecular flexibility index (Phi) is 4.07. The number of amides is 1. The van der Waals surface area contributed by atoms with Crippen molar-refractivity contribution in [1.29, 1.82) is 5.26 Å². The summed E-state index contributed by atoms with van der Waals surface area (Å²) in [5.74, 6) is 0.200. The molecule has 110 valence electrons. The zero-order valence-corrected chi connectivity index (χ0v) is 12.1. The summed E-state index contributed by atoms with van der Waals surface area (Å²) in [6.07, 6.45) is 1.34. The summed E-state index contributed by atoms with van der Waals surface area (Å²) in [4.78, 5) is 16.8. The Morgan fingerprint density at radius 1 is 1.29 bits per heavy atom. The Hall–Kier alpha value is -2.06. The van der Waals surface area contributed by atoms with Crippen molar-refractivity contribution in [1.82, 2.24) is 9.80 Å². The third-order valence-corrected chi connectivity index (χ3v) is 4.29. The van der Waals surface area contributed by atoms with Crippen LogP contribution in [0.3, 0.4) is 0 Å². The van der Waals surface area contributed by atoms with Crippen LogP contribution in [0.4, 0.5) is 5.69 Å². The van der Waals surface area contributed by atoms with Crippen molar-refractivity contribution >= 4 is 11.6 Å². The van der Waals surface area contributed by atoms with E-state index in [2.05, 4.69) is 22.4 Å². The predicted molar refractivity (Wildman–Crippen MR) is 80.8 cm³/mol. The highest BCUT2D eigenvalue weighted by Gasteiger charge is 2.31. The van der Waals surface area contributed by atoms with Gasteiger partial charge in [-0.05, 0) is 11.6 Å². The van der Waals surface area contributed by atoms with Crippen molar-refractivity contribution in [3.05, 3.63) is 29.8 Å². The van der Waals surface area contributed by atoms with E-state index in [4.69, 9.17) is 5.26 Å². The van der Waals surface area contributed by atoms with E-state index in [1.165, 1.54) is 5.56 Å². The van der Waals surface area contributed by atoms with Gasteiger partial charge in [0, 0.05) is 51.3 Å². The zero-order valence-electron chi connectivity index (χ0n) is 12.1. The molecule has 1 fully saturated rings. The van der Waals surface area contributed by atoms with Crippen molar-refractivity contribution < 1.29 is 4.79 Å². The van der Waals surface area contributed by atoms with E-state index >= 15 is 0 Å². The van der Waals surface area contributed by atoms with Crippen LogP contribution in [0.1, 0.15) is 12.0 Å². The number of nitriles is 1. The molecule has 21 heavy (non-hydrogen) atoms. The third kappa shape index (κ3) is 3.01. The molecule has 0 bridgehead atoms. The third-order valence-electron chi connectivity index (χ3n) is 4.29. The fraction of sp³-hybridized carbons (Fsp3) is 0.500. The van der Waals surface area contributed by atoms with Gasteiger partial charge in [0.05, 0.1) is 6.07 Å². The fourth-order valence-electron chi connectivity index (χ4n) is 3.07. The van der Waals surface area contributed by atoms with Crippen LogP contribution in [0.15, 0.2) is 24.3 Å². The number of piperazine rings is 1. The normalized spacial score (nSPS) is 21.5. The van der Waals surface area contributed by atoms with Gasteiger partial charge >= 0.3 is 0 Å². The molecule has 3 rings (SSSR count). The molecule has 1 unspecified atom stereocenters. The molecule has 1 N–H and O–H groups in total. The lowest BCUT2D eigenvalue weighted by molar-refractivity contribution is -0.133. The molecule has 5 nitrogen and oxygen atoms in total. The summed E-state index contributed by atoms with van der Waals surface area (Å²) in [7, 11) is 0. The first-order valence-electron chi connectivity index (χ1n) is 7.50. The molecular formula is C16H20N4O. The first-order valence-corrected chi connectivity index (χ1v) is 7.50. The second kappa shape index (κ2) is 6.15. The van der Waals surface area contributed by atoms with E-state index < -0.39 is 0 Å². The van der Waals surface area contributed by atoms with E-state index in [9.17, 15) is 4.79 Å². The number of carbonyl (C=O) groups excluding carboxylic acids is 1. The van der Waals surface area contributed by atoms with Crippen LogP contribution >= 0.6 is 0 Å². The molecule has 1 atom stereocenters. The van der Waals surface area contributed by atoms with Gasteiger partial charge in [0.15, 0.2) is 0 Å². The lowest BCUT2D eigenvalue weighted by Gasteiger charge is -2.35. The Morgan fingerprint density at radius 3 is 2.76 bits per heavy atom. The number of hydrogen-bond acceptors (Lipinski definition) is 4. The molecule has 2 aliphatic heterocycles. The van der Waals surface area contributed by atoms with Crippen molar-refractivity contribution in [2.45, 2.75) is 18.9 Å². The van der Waals surface area contributed by atoms with Crippen LogP contribution in [-0.2, 0) is 11.2 Å². The van der Waals surface area contributed by atoms with Gasteiger partial charge in [-0.3, -0.25) is 9.69 Å². The Bertz CT molecular complexity index is 533. The molecule has 1 amide bonds. The molecule has 1 saturated heterocycles. The molecule has 0 aliphatic carbocycles. The van der Waals surface area contributed by atoms with Gasteiger partial charge in [-0.25, -0.2) is 0 Å². The number of carbonyl (C=O) groups is 1. The molecule has 0 saturated carbocycles. The Balaban J connectivity index is 1.53. The maximum Gasteiger partial charge on any atom is 0.245 e. The van der Waals surface area contributed by atoms with Crippen LogP contribution in [0.5, 0.6) is 0 Å². The van der Waals surface area contributed by atoms with Crippen molar-refractivity contribution in [3.63, 3.8) is 0 Å². The number of anilines is 1. The van der Waals surface area contributed by atoms with E-state index in [1.54, 1.807) is 0 Å². The zero-order chi connectivity index (χ0) is 14.7. The van der Waals surface area contributed by atoms with Gasteiger partial charge in [-0.2, -0.15) is 5.26 Å². The molecule has 0 spiro atoms. The molecule has 1 aromatic rings. The number of benzene rings is 1. The Morgan fingerprint density at radius 2 is 2.05 bits per heavy atom. The lowest BCUT2D eigenvalue weighted by atomic mass is 10.1. The highest BCUT2D eigenvalue weighted by Crippen LogP contribution is 2.26. The highest BCUT2D eigenvalue weighted by molar-refractivity contribution is 5.87. The fourth-order valence-corrected chi connectivity index (χ4v) is 3.07. The molecule has 5 heteroatoms. The average Bonchev–Trinajstić information content (AvgIpc) is 2.96. The maximum atomic E-state index is 12.6. The molecule has 0 aromatic heterocycles. The second-order valence-corrected chi connectivity index (χ2v) is 5.63. The first-order chi connectivity index (χ1) is 10.3. The van der Waals surface area contributed by atoms with E-state index in [0.717, 1.165) is 44.8 Å². The predicted octanol–water partition coefficient (Wildman–Crippen LogP) is 1.08. The van der Waals surface area contributed by atoms with Gasteiger partial charge in [0.1, 0.15) is 6.04 Å². The summed E-state index contributed by atoms with van der Waals surface area (Å²) in [5.41, 5.74) is 2.31. The molecule has 0 radical (unpaired) electrons. The summed E-state index contributed by atoms with van der Waals surface area (Å²) in [5, 5.41) is 11.9. The van der Waals surface area contributed by atoms with Crippen LogP contribution in [0.25, 0.3) is 0 Å². The maximum absolute atomic E-state index is 12.6. The number of rotatable bonds is 3. The van der Waals surface area contributed by atoms with Crippen molar-refractivity contribution in [3.8, 4) is 6.07 Å². The molecule has 1 aromatic carbocycles. The standard InChI is InChI=1S/C16H20N4O/c17-6-3-7-19-8-10-20(11-9-19)16(21)15-12-13-4-1-2-5-14(13)18-15/h1-2,4-5,15,18H,3,7-12H2. The minimum absolute atomic E-state index is 0.118. The van der Waals surface area contributed by atoms with Crippen LogP contribution < -0.4 is 5.32 Å². The summed E-state index contributed by atoms with van der Waals surface area (Å²) >= 11 is 0. The topological polar surface area (TPSA) is 59.4 Å². The lowest BCUT2D eigenvalue weighted by Crippen LogP contribution is -2.52. The molecule has 2 aliphatic rings. The summed E-state index contributed by atoms with van der Waals surface area (Å²) in [6, 6.07) is 10.2. The van der Waals surface area contributed by atoms with E-state index in [1.807, 2.05) is 23.1 Å². The number of nitrogens with one attached hydrogen (secondary N) is 1. The largest absolute Gasteiger partial charge is 0.373 e. The summed E-state index contributed by atoms with van der Waals surface area (Å²) < 4.78 is 0. The summed E-state index contributed by atoms with van der Waals surface area (Å²) in [6.45, 7) is 4.07. The Labute approximate surface area is 125 Å². The molecular weight excluding hydrogens is 264 g/mol. The minimum atomic E-state index is -0.118. The van der Waals surface area contributed by atoms with Crippen LogP contribution in [0, 0.1) is 11.3 Å². The highest BCUT2D eigenvalue weighted by atomic mass is 16.2. The number of hydrogen-bond donors (Lipinski definition) is 1. The first kappa shape index (κ1) is 13.9. The molecule has 2 heterocycles. The number of para-hydroxylation sites is 1. The average molecular weight is 284 g/mol. The smallest absolute Gasteiger partial charge is 0.245 e. The van der Waals surface area contributed by atoms with E-state index in [-0.39, 0.29) is 11.9 Å². The quantitative estimate of drug-likeness (QED) is 0.902. The van der Waals surface area contributed by atoms with Crippen LogP contribution in [-0.4, -0.2) is 54.5 Å². The SMILES string of the molecule is N#CCCN1CCN(C(=O)C2Cc3ccccc3N2)CC1. The van der Waals surface area contributed by atoms with E-state index in [0.29, 0.717) is 6.42 Å². The second-order valence-electron chi connectivity index (χ2n) is 5.63. The van der Waals surface area contributed by atoms with Crippen molar-refractivity contribution in [2.24, 2.45) is 0 Å². The monoisotopic (exact) mass is 284 g/mol. The van der Waals surface area contributed by atoms with Gasteiger partial charge in [0.2, 0.25) is 5.91 Å².